The molecule has 7 N–H and O–H groups in total. The number of nitrogens with zero attached hydrogens (tertiary/aromatic N) is 3. The Morgan fingerprint density at radius 2 is 1.78 bits per heavy atom. The van der Waals surface area contributed by atoms with Crippen molar-refractivity contribution in [2.24, 2.45) is 27.2 Å². The van der Waals surface area contributed by atoms with E-state index in [1.165, 1.54) is 0 Å². The maximum absolute atomic E-state index is 5.60. The van der Waals surface area contributed by atoms with E-state index in [0.29, 0.717) is 5.69 Å². The van der Waals surface area contributed by atoms with Crippen molar-refractivity contribution in [2.75, 3.05) is 0 Å². The van der Waals surface area contributed by atoms with Gasteiger partial charge in [0.05, 0.1) is 16.7 Å². The summed E-state index contributed by atoms with van der Waals surface area (Å²) >= 11 is 3.44. The van der Waals surface area contributed by atoms with E-state index >= 15 is 0 Å². The van der Waals surface area contributed by atoms with Crippen LogP contribution in [0.5, 0.6) is 0 Å². The van der Waals surface area contributed by atoms with Gasteiger partial charge in [-0.25, -0.2) is 9.98 Å². The number of hydrogen-bond donors (Lipinski definition) is 4. The molecule has 8 heteroatoms. The average Bonchev–Trinajstić information content (AvgIpc) is 2.90. The van der Waals surface area contributed by atoms with Crippen molar-refractivity contribution in [2.45, 2.75) is 0 Å². The number of fused-ring (bicyclic) bond motifs is 1. The van der Waals surface area contributed by atoms with Gasteiger partial charge < -0.3 is 22.2 Å². The first-order valence-electron chi connectivity index (χ1n) is 6.71. The van der Waals surface area contributed by atoms with Crippen molar-refractivity contribution < 1.29 is 0 Å². The molecule has 0 aliphatic rings. The van der Waals surface area contributed by atoms with Crippen molar-refractivity contribution in [3.8, 4) is 11.4 Å². The lowest BCUT2D eigenvalue weighted by atomic mass is 10.2. The Balaban J connectivity index is 1.90. The van der Waals surface area contributed by atoms with E-state index in [1.807, 2.05) is 42.5 Å². The first kappa shape index (κ1) is 15.0. The maximum Gasteiger partial charge on any atom is 0.223 e. The van der Waals surface area contributed by atoms with Crippen LogP contribution in [0.1, 0.15) is 0 Å². The number of guanidine groups is 2. The van der Waals surface area contributed by atoms with Crippen LogP contribution in [-0.4, -0.2) is 21.9 Å². The van der Waals surface area contributed by atoms with Crippen LogP contribution in [0, 0.1) is 0 Å². The van der Waals surface area contributed by atoms with Crippen LogP contribution in [0.15, 0.2) is 56.9 Å². The fraction of sp³-hybridized carbons (Fsp3) is 0. The molecule has 1 aromatic heterocycles. The summed E-state index contributed by atoms with van der Waals surface area (Å²) in [6.45, 7) is 0. The maximum atomic E-state index is 5.60. The number of H-pyrrole nitrogens is 1. The minimum atomic E-state index is -0.128. The second-order valence-electron chi connectivity index (χ2n) is 4.80. The van der Waals surface area contributed by atoms with E-state index < -0.39 is 0 Å². The van der Waals surface area contributed by atoms with E-state index in [4.69, 9.17) is 17.2 Å². The minimum Gasteiger partial charge on any atom is -0.370 e. The van der Waals surface area contributed by atoms with Crippen LogP contribution in [0.3, 0.4) is 0 Å². The molecule has 0 saturated heterocycles. The van der Waals surface area contributed by atoms with E-state index in [-0.39, 0.29) is 11.9 Å². The van der Waals surface area contributed by atoms with Crippen LogP contribution in [0.25, 0.3) is 22.4 Å². The molecule has 0 radical (unpaired) electrons. The molecule has 0 bridgehead atoms. The largest absolute Gasteiger partial charge is 0.370 e. The van der Waals surface area contributed by atoms with Gasteiger partial charge >= 0.3 is 0 Å². The topological polar surface area (TPSA) is 131 Å². The number of rotatable bonds is 2. The quantitative estimate of drug-likeness (QED) is 0.406. The monoisotopic (exact) mass is 371 g/mol. The van der Waals surface area contributed by atoms with Crippen LogP contribution in [0.4, 0.5) is 5.69 Å². The van der Waals surface area contributed by atoms with Gasteiger partial charge in [0.2, 0.25) is 5.96 Å². The fourth-order valence-corrected chi connectivity index (χ4v) is 2.46. The van der Waals surface area contributed by atoms with Gasteiger partial charge in [0.1, 0.15) is 5.82 Å². The van der Waals surface area contributed by atoms with Gasteiger partial charge in [-0.15, -0.1) is 0 Å². The van der Waals surface area contributed by atoms with Crippen LogP contribution < -0.4 is 17.2 Å². The normalized spacial score (nSPS) is 11.6. The van der Waals surface area contributed by atoms with E-state index in [1.54, 1.807) is 0 Å². The number of aliphatic imine (C=N–C) groups is 2. The molecule has 0 amide bonds. The third-order valence-electron chi connectivity index (χ3n) is 3.07. The standard InChI is InChI=1S/C15H14BrN7/c16-9-3-6-11-12(7-9)22-13(21-11)8-1-4-10(5-2-8)20-15(19)23-14(17)18/h1-7H,(H,21,22)(H6,17,18,19,20,23). The Labute approximate surface area is 140 Å². The predicted octanol–water partition coefficient (Wildman–Crippen LogP) is 2.21. The molecule has 116 valence electrons. The number of halogens is 1. The summed E-state index contributed by atoms with van der Waals surface area (Å²) in [4.78, 5) is 15.6. The number of aromatic amines is 1. The van der Waals surface area contributed by atoms with E-state index in [0.717, 1.165) is 26.9 Å². The Hall–Kier alpha value is -2.87. The van der Waals surface area contributed by atoms with Crippen LogP contribution >= 0.6 is 15.9 Å². The second kappa shape index (κ2) is 6.09. The molecule has 1 heterocycles. The molecule has 0 atom stereocenters. The summed E-state index contributed by atoms with van der Waals surface area (Å²) in [6.07, 6.45) is 0. The molecule has 0 spiro atoms. The Morgan fingerprint density at radius 1 is 1.04 bits per heavy atom. The number of imidazole rings is 1. The van der Waals surface area contributed by atoms with Gasteiger partial charge in [-0.3, -0.25) is 0 Å². The van der Waals surface area contributed by atoms with E-state index in [9.17, 15) is 0 Å². The molecule has 0 aliphatic carbocycles. The zero-order valence-corrected chi connectivity index (χ0v) is 13.6. The summed E-state index contributed by atoms with van der Waals surface area (Å²) < 4.78 is 1.00. The lowest BCUT2D eigenvalue weighted by molar-refractivity contribution is 1.33. The number of nitrogens with one attached hydrogen (secondary N) is 1. The third-order valence-corrected chi connectivity index (χ3v) is 3.57. The van der Waals surface area contributed by atoms with Crippen LogP contribution in [-0.2, 0) is 0 Å². The second-order valence-corrected chi connectivity index (χ2v) is 5.72. The fourth-order valence-electron chi connectivity index (χ4n) is 2.10. The highest BCUT2D eigenvalue weighted by Gasteiger charge is 2.05. The van der Waals surface area contributed by atoms with Crippen molar-refractivity contribution in [1.29, 1.82) is 0 Å². The summed E-state index contributed by atoms with van der Waals surface area (Å²) in [6, 6.07) is 13.3. The molecule has 3 aromatic rings. The number of benzene rings is 2. The Morgan fingerprint density at radius 3 is 2.48 bits per heavy atom. The highest BCUT2D eigenvalue weighted by atomic mass is 79.9. The summed E-state index contributed by atoms with van der Waals surface area (Å²) in [5, 5.41) is 0. The zero-order chi connectivity index (χ0) is 16.4. The van der Waals surface area contributed by atoms with Gasteiger partial charge in [0.25, 0.3) is 0 Å². The van der Waals surface area contributed by atoms with Crippen molar-refractivity contribution >= 4 is 44.6 Å². The minimum absolute atomic E-state index is 0.00587. The molecule has 2 aromatic carbocycles. The van der Waals surface area contributed by atoms with E-state index in [2.05, 4.69) is 35.9 Å². The molecular weight excluding hydrogens is 358 g/mol. The molecule has 0 unspecified atom stereocenters. The molecule has 0 fully saturated rings. The number of nitrogens with two attached hydrogens (primary N) is 3. The molecule has 0 aliphatic heterocycles. The highest BCUT2D eigenvalue weighted by molar-refractivity contribution is 9.10. The van der Waals surface area contributed by atoms with Gasteiger partial charge in [-0.2, -0.15) is 4.99 Å². The van der Waals surface area contributed by atoms with Gasteiger partial charge in [-0.05, 0) is 42.5 Å². The lowest BCUT2D eigenvalue weighted by Gasteiger charge is -1.99. The predicted molar refractivity (Wildman–Crippen MR) is 96.3 cm³/mol. The number of hydrogen-bond acceptors (Lipinski definition) is 2. The third kappa shape index (κ3) is 3.49. The zero-order valence-electron chi connectivity index (χ0n) is 12.0. The molecular formula is C15H14BrN7. The summed E-state index contributed by atoms with van der Waals surface area (Å²) in [5.41, 5.74) is 19.6. The van der Waals surface area contributed by atoms with Crippen molar-refractivity contribution in [3.63, 3.8) is 0 Å². The van der Waals surface area contributed by atoms with Crippen LogP contribution in [0.2, 0.25) is 0 Å². The summed E-state index contributed by atoms with van der Waals surface area (Å²) in [7, 11) is 0. The number of aromatic nitrogens is 2. The van der Waals surface area contributed by atoms with Crippen molar-refractivity contribution in [1.82, 2.24) is 9.97 Å². The first-order chi connectivity index (χ1) is 11.0. The smallest absolute Gasteiger partial charge is 0.223 e. The lowest BCUT2D eigenvalue weighted by Crippen LogP contribution is -2.26. The molecule has 23 heavy (non-hydrogen) atoms. The Kier molecular flexibility index (Phi) is 3.98. The average molecular weight is 372 g/mol. The van der Waals surface area contributed by atoms with Gasteiger partial charge in [-0.1, -0.05) is 15.9 Å². The summed E-state index contributed by atoms with van der Waals surface area (Å²) in [5.74, 6) is 0.661. The SMILES string of the molecule is NC(N)=NC(N)=Nc1ccc(-c2nc3ccc(Br)cc3[nH]2)cc1. The van der Waals surface area contributed by atoms with Gasteiger partial charge in [0, 0.05) is 10.0 Å². The first-order valence-corrected chi connectivity index (χ1v) is 7.50. The Bertz CT molecular complexity index is 905. The molecule has 0 saturated carbocycles. The molecule has 7 nitrogen and oxygen atoms in total. The van der Waals surface area contributed by atoms with Gasteiger partial charge in [0.15, 0.2) is 5.96 Å². The molecule has 3 rings (SSSR count). The highest BCUT2D eigenvalue weighted by Crippen LogP contribution is 2.24. The van der Waals surface area contributed by atoms with Crippen molar-refractivity contribution in [3.05, 3.63) is 46.9 Å².